The quantitative estimate of drug-likeness (QED) is 0.561. The summed E-state index contributed by atoms with van der Waals surface area (Å²) >= 11 is 1.46. The van der Waals surface area contributed by atoms with Gasteiger partial charge >= 0.3 is 0 Å². The zero-order chi connectivity index (χ0) is 22.3. The molecule has 0 spiro atoms. The van der Waals surface area contributed by atoms with E-state index in [4.69, 9.17) is 4.42 Å². The van der Waals surface area contributed by atoms with E-state index in [-0.39, 0.29) is 12.3 Å². The summed E-state index contributed by atoms with van der Waals surface area (Å²) in [5.41, 5.74) is 2.43. The Balaban J connectivity index is 1.35. The van der Waals surface area contributed by atoms with Crippen LogP contribution < -0.4 is 4.90 Å². The Kier molecular flexibility index (Phi) is 5.65. The van der Waals surface area contributed by atoms with Crippen LogP contribution in [0.1, 0.15) is 36.3 Å². The van der Waals surface area contributed by atoms with Gasteiger partial charge in [0.1, 0.15) is 5.76 Å². The Morgan fingerprint density at radius 3 is 2.69 bits per heavy atom. The molecule has 1 aromatic carbocycles. The number of hydrogen-bond acceptors (Lipinski definition) is 6. The average molecular weight is 472 g/mol. The molecule has 0 aliphatic carbocycles. The van der Waals surface area contributed by atoms with E-state index in [0.717, 1.165) is 47.7 Å². The van der Waals surface area contributed by atoms with Gasteiger partial charge in [-0.2, -0.15) is 4.31 Å². The molecule has 9 heteroatoms. The number of fused-ring (bicyclic) bond motifs is 1. The number of aromatic nitrogens is 1. The second-order valence-corrected chi connectivity index (χ2v) is 11.1. The highest BCUT2D eigenvalue weighted by atomic mass is 32.2. The normalized spacial score (nSPS) is 17.0. The topological polar surface area (TPSA) is 83.7 Å². The summed E-state index contributed by atoms with van der Waals surface area (Å²) in [4.78, 5) is 19.8. The molecule has 0 N–H and O–H groups in total. The third-order valence-electron chi connectivity index (χ3n) is 6.01. The Labute approximate surface area is 191 Å². The fourth-order valence-corrected chi connectivity index (χ4v) is 6.72. The molecule has 4 heterocycles. The number of nitrogens with zero attached hydrogens (tertiary/aromatic N) is 3. The van der Waals surface area contributed by atoms with Gasteiger partial charge in [-0.1, -0.05) is 0 Å². The van der Waals surface area contributed by atoms with Crippen molar-refractivity contribution in [1.82, 2.24) is 9.29 Å². The number of rotatable bonds is 5. The van der Waals surface area contributed by atoms with Crippen LogP contribution in [0.5, 0.6) is 0 Å². The number of anilines is 1. The SMILES string of the molecule is Cc1ccc(-c2nc(CC(=O)N3CCCc4cc(S(=O)(=O)N5CCCC5)ccc43)cs2)o1. The van der Waals surface area contributed by atoms with Crippen LogP contribution in [0, 0.1) is 6.92 Å². The summed E-state index contributed by atoms with van der Waals surface area (Å²) in [6.07, 6.45) is 3.58. The largest absolute Gasteiger partial charge is 0.459 e. The first-order chi connectivity index (χ1) is 15.4. The summed E-state index contributed by atoms with van der Waals surface area (Å²) in [5, 5.41) is 2.65. The van der Waals surface area contributed by atoms with E-state index in [1.54, 1.807) is 27.4 Å². The predicted molar refractivity (Wildman–Crippen MR) is 123 cm³/mol. The van der Waals surface area contributed by atoms with Crippen LogP contribution in [0.25, 0.3) is 10.8 Å². The maximum Gasteiger partial charge on any atom is 0.243 e. The highest BCUT2D eigenvalue weighted by molar-refractivity contribution is 7.89. The standard InChI is InChI=1S/C23H25N3O4S2/c1-16-6-9-21(30-16)23-24-18(15-31-23)14-22(27)26-12-4-5-17-13-19(7-8-20(17)26)32(28,29)25-10-2-3-11-25/h6-9,13,15H,2-5,10-12,14H2,1H3. The lowest BCUT2D eigenvalue weighted by molar-refractivity contribution is -0.118. The van der Waals surface area contributed by atoms with Gasteiger partial charge in [0.25, 0.3) is 0 Å². The summed E-state index contributed by atoms with van der Waals surface area (Å²) in [5.74, 6) is 1.50. The molecular weight excluding hydrogens is 446 g/mol. The fraction of sp³-hybridized carbons (Fsp3) is 0.391. The first-order valence-corrected chi connectivity index (χ1v) is 13.2. The third kappa shape index (κ3) is 4.00. The van der Waals surface area contributed by atoms with Crippen LogP contribution in [0.15, 0.2) is 45.0 Å². The van der Waals surface area contributed by atoms with Crippen LogP contribution >= 0.6 is 11.3 Å². The van der Waals surface area contributed by atoms with Gasteiger partial charge < -0.3 is 9.32 Å². The van der Waals surface area contributed by atoms with Gasteiger partial charge in [0.2, 0.25) is 15.9 Å². The third-order valence-corrected chi connectivity index (χ3v) is 8.81. The van der Waals surface area contributed by atoms with Crippen molar-refractivity contribution in [3.8, 4) is 10.8 Å². The second-order valence-electron chi connectivity index (χ2n) is 8.28. The number of hydrogen-bond donors (Lipinski definition) is 0. The van der Waals surface area contributed by atoms with Crippen molar-refractivity contribution in [1.29, 1.82) is 0 Å². The van der Waals surface area contributed by atoms with Gasteiger partial charge in [0, 0.05) is 30.7 Å². The van der Waals surface area contributed by atoms with Gasteiger partial charge in [-0.3, -0.25) is 4.79 Å². The summed E-state index contributed by atoms with van der Waals surface area (Å²) < 4.78 is 33.0. The van der Waals surface area contributed by atoms with Gasteiger partial charge in [-0.05, 0) is 68.5 Å². The molecule has 2 aromatic heterocycles. The van der Waals surface area contributed by atoms with Crippen molar-refractivity contribution in [2.45, 2.75) is 43.9 Å². The van der Waals surface area contributed by atoms with Crippen LogP contribution in [0.2, 0.25) is 0 Å². The van der Waals surface area contributed by atoms with Crippen LogP contribution in [0.4, 0.5) is 5.69 Å². The minimum absolute atomic E-state index is 0.0337. The smallest absolute Gasteiger partial charge is 0.243 e. The average Bonchev–Trinajstić information content (AvgIpc) is 3.55. The van der Waals surface area contributed by atoms with Gasteiger partial charge in [-0.25, -0.2) is 13.4 Å². The lowest BCUT2D eigenvalue weighted by Gasteiger charge is -2.30. The molecule has 0 unspecified atom stereocenters. The van der Waals surface area contributed by atoms with Crippen molar-refractivity contribution in [2.75, 3.05) is 24.5 Å². The Morgan fingerprint density at radius 2 is 1.94 bits per heavy atom. The molecule has 168 valence electrons. The first kappa shape index (κ1) is 21.4. The van der Waals surface area contributed by atoms with Crippen molar-refractivity contribution < 1.29 is 17.6 Å². The summed E-state index contributed by atoms with van der Waals surface area (Å²) in [7, 11) is -3.47. The minimum Gasteiger partial charge on any atom is -0.459 e. The Morgan fingerprint density at radius 1 is 1.12 bits per heavy atom. The number of carbonyl (C=O) groups is 1. The Bertz CT molecular complexity index is 1260. The molecule has 3 aromatic rings. The molecular formula is C23H25N3O4S2. The molecule has 1 fully saturated rings. The molecule has 32 heavy (non-hydrogen) atoms. The molecule has 2 aliphatic heterocycles. The molecule has 2 aliphatic rings. The van der Waals surface area contributed by atoms with Crippen molar-refractivity contribution in [3.63, 3.8) is 0 Å². The van der Waals surface area contributed by atoms with E-state index in [1.807, 2.05) is 24.4 Å². The van der Waals surface area contributed by atoms with Gasteiger partial charge in [0.15, 0.2) is 10.8 Å². The maximum atomic E-state index is 13.1. The number of sulfonamides is 1. The number of thiazole rings is 1. The number of furan rings is 1. The van der Waals surface area contributed by atoms with Crippen LogP contribution in [0.3, 0.4) is 0 Å². The number of aryl methyl sites for hydroxylation is 2. The van der Waals surface area contributed by atoms with E-state index in [2.05, 4.69) is 4.98 Å². The highest BCUT2D eigenvalue weighted by Crippen LogP contribution is 2.32. The zero-order valence-electron chi connectivity index (χ0n) is 17.9. The summed E-state index contributed by atoms with van der Waals surface area (Å²) in [6, 6.07) is 8.95. The highest BCUT2D eigenvalue weighted by Gasteiger charge is 2.30. The van der Waals surface area contributed by atoms with Crippen molar-refractivity contribution in [3.05, 3.63) is 52.7 Å². The number of benzene rings is 1. The van der Waals surface area contributed by atoms with Crippen LogP contribution in [-0.4, -0.2) is 43.2 Å². The second kappa shape index (κ2) is 8.46. The monoisotopic (exact) mass is 471 g/mol. The molecule has 5 rings (SSSR count). The van der Waals surface area contributed by atoms with E-state index in [9.17, 15) is 13.2 Å². The van der Waals surface area contributed by atoms with E-state index < -0.39 is 10.0 Å². The lowest BCUT2D eigenvalue weighted by atomic mass is 10.0. The molecule has 0 atom stereocenters. The maximum absolute atomic E-state index is 13.1. The van der Waals surface area contributed by atoms with E-state index in [0.29, 0.717) is 36.0 Å². The number of amides is 1. The van der Waals surface area contributed by atoms with Crippen molar-refractivity contribution >= 4 is 33.0 Å². The lowest BCUT2D eigenvalue weighted by Crippen LogP contribution is -2.37. The van der Waals surface area contributed by atoms with E-state index in [1.165, 1.54) is 11.3 Å². The van der Waals surface area contributed by atoms with E-state index >= 15 is 0 Å². The molecule has 1 amide bonds. The minimum atomic E-state index is -3.47. The van der Waals surface area contributed by atoms with Crippen molar-refractivity contribution in [2.24, 2.45) is 0 Å². The Hall–Kier alpha value is -2.49. The van der Waals surface area contributed by atoms with Gasteiger partial charge in [-0.15, -0.1) is 11.3 Å². The molecule has 0 radical (unpaired) electrons. The summed E-state index contributed by atoms with van der Waals surface area (Å²) in [6.45, 7) is 3.67. The predicted octanol–water partition coefficient (Wildman–Crippen LogP) is 4.02. The van der Waals surface area contributed by atoms with Crippen LogP contribution in [-0.2, 0) is 27.7 Å². The first-order valence-electron chi connectivity index (χ1n) is 10.9. The molecule has 0 saturated carbocycles. The number of carbonyl (C=O) groups excluding carboxylic acids is 1. The zero-order valence-corrected chi connectivity index (χ0v) is 19.5. The molecule has 1 saturated heterocycles. The van der Waals surface area contributed by atoms with Gasteiger partial charge in [0.05, 0.1) is 17.0 Å². The molecule has 7 nitrogen and oxygen atoms in total. The molecule has 0 bridgehead atoms. The fourth-order valence-electron chi connectivity index (χ4n) is 4.37.